The van der Waals surface area contributed by atoms with E-state index in [0.717, 1.165) is 0 Å². The molecule has 10 heteroatoms. The molecule has 1 aromatic carbocycles. The van der Waals surface area contributed by atoms with Gasteiger partial charge in [-0.2, -0.15) is 0 Å². The molecule has 32 heavy (non-hydrogen) atoms. The maximum atomic E-state index is 13.4. The van der Waals surface area contributed by atoms with Crippen molar-refractivity contribution in [3.63, 3.8) is 0 Å². The fourth-order valence-electron chi connectivity index (χ4n) is 5.25. The Hall–Kier alpha value is -2.66. The minimum Gasteiger partial charge on any atom is -0.507 e. The fraction of sp³-hybridized carbons (Fsp3) is 0.545. The molecule has 2 saturated heterocycles. The van der Waals surface area contributed by atoms with Gasteiger partial charge >= 0.3 is 5.97 Å². The fourth-order valence-corrected chi connectivity index (χ4v) is 5.25. The monoisotopic (exact) mass is 446 g/mol. The summed E-state index contributed by atoms with van der Waals surface area (Å²) in [4.78, 5) is 51.1. The third-order valence-corrected chi connectivity index (χ3v) is 6.82. The number of hydrogen-bond donors (Lipinski definition) is 3. The number of ether oxygens (including phenoxy) is 3. The SMILES string of the molecule is CC1OC2CC(=O)OC2c2cc3c(c(O)c21)C(=O)C(=O)C(C1CC(O)C(O)C(C)O1)C3=O. The molecule has 3 heterocycles. The number of ketones is 3. The molecule has 3 N–H and O–H groups in total. The Bertz CT molecular complexity index is 1050. The zero-order chi connectivity index (χ0) is 23.1. The van der Waals surface area contributed by atoms with E-state index >= 15 is 0 Å². The zero-order valence-corrected chi connectivity index (χ0v) is 17.3. The van der Waals surface area contributed by atoms with Gasteiger partial charge in [0.25, 0.3) is 0 Å². The molecule has 10 nitrogen and oxygen atoms in total. The molecule has 4 aliphatic rings. The predicted octanol–water partition coefficient (Wildman–Crippen LogP) is 0.304. The molecule has 0 bridgehead atoms. The molecular weight excluding hydrogens is 424 g/mol. The molecule has 0 aromatic heterocycles. The van der Waals surface area contributed by atoms with Crippen molar-refractivity contribution in [2.75, 3.05) is 0 Å². The van der Waals surface area contributed by atoms with Crippen LogP contribution in [-0.2, 0) is 23.8 Å². The maximum Gasteiger partial charge on any atom is 0.309 e. The van der Waals surface area contributed by atoms with Crippen LogP contribution in [-0.4, -0.2) is 69.2 Å². The van der Waals surface area contributed by atoms with Crippen LogP contribution in [0.15, 0.2) is 6.07 Å². The molecule has 1 aliphatic carbocycles. The molecule has 170 valence electrons. The summed E-state index contributed by atoms with van der Waals surface area (Å²) in [6.45, 7) is 3.12. The first-order valence-electron chi connectivity index (χ1n) is 10.5. The lowest BCUT2D eigenvalue weighted by atomic mass is 9.73. The van der Waals surface area contributed by atoms with E-state index in [1.807, 2.05) is 0 Å². The van der Waals surface area contributed by atoms with Crippen molar-refractivity contribution in [1.82, 2.24) is 0 Å². The Labute approximate surface area is 182 Å². The normalized spacial score (nSPS) is 38.8. The van der Waals surface area contributed by atoms with Gasteiger partial charge in [0, 0.05) is 23.1 Å². The van der Waals surface area contributed by atoms with Crippen molar-refractivity contribution in [1.29, 1.82) is 0 Å². The van der Waals surface area contributed by atoms with E-state index in [0.29, 0.717) is 5.56 Å². The molecule has 8 atom stereocenters. The second-order valence-corrected chi connectivity index (χ2v) is 8.79. The summed E-state index contributed by atoms with van der Waals surface area (Å²) >= 11 is 0. The van der Waals surface area contributed by atoms with Crippen LogP contribution in [0.25, 0.3) is 0 Å². The number of rotatable bonds is 1. The highest BCUT2D eigenvalue weighted by Gasteiger charge is 2.52. The Balaban J connectivity index is 1.61. The first kappa shape index (κ1) is 21.2. The van der Waals surface area contributed by atoms with Gasteiger partial charge < -0.3 is 29.5 Å². The van der Waals surface area contributed by atoms with Gasteiger partial charge in [-0.15, -0.1) is 0 Å². The molecule has 2 fully saturated rings. The Morgan fingerprint density at radius 3 is 2.41 bits per heavy atom. The van der Waals surface area contributed by atoms with Gasteiger partial charge in [-0.05, 0) is 19.9 Å². The third-order valence-electron chi connectivity index (χ3n) is 6.82. The number of carbonyl (C=O) groups excluding carboxylic acids is 4. The van der Waals surface area contributed by atoms with Crippen molar-refractivity contribution >= 4 is 23.3 Å². The van der Waals surface area contributed by atoms with E-state index in [1.54, 1.807) is 6.92 Å². The van der Waals surface area contributed by atoms with Crippen molar-refractivity contribution in [3.05, 3.63) is 28.3 Å². The van der Waals surface area contributed by atoms with Crippen LogP contribution in [0.3, 0.4) is 0 Å². The number of phenols is 1. The standard InChI is InChI=1S/C22H22O10/c1-6-14-9(22-12(30-6)5-13(24)32-22)3-8-15(19(14)27)20(28)21(29)16(18(8)26)11-4-10(23)17(25)7(2)31-11/h3,6-7,10-12,16-17,22-23,25,27H,4-5H2,1-2H3. The third kappa shape index (κ3) is 2.87. The average molecular weight is 446 g/mol. The molecule has 0 amide bonds. The predicted molar refractivity (Wildman–Crippen MR) is 103 cm³/mol. The van der Waals surface area contributed by atoms with Gasteiger partial charge in [-0.25, -0.2) is 0 Å². The van der Waals surface area contributed by atoms with E-state index in [-0.39, 0.29) is 24.0 Å². The van der Waals surface area contributed by atoms with E-state index in [2.05, 4.69) is 0 Å². The number of aromatic hydroxyl groups is 1. The van der Waals surface area contributed by atoms with Crippen molar-refractivity contribution in [2.45, 2.75) is 69.4 Å². The number of aliphatic hydroxyl groups is 2. The zero-order valence-electron chi connectivity index (χ0n) is 17.3. The largest absolute Gasteiger partial charge is 0.507 e. The van der Waals surface area contributed by atoms with Crippen LogP contribution in [0.1, 0.15) is 70.7 Å². The molecule has 0 spiro atoms. The highest BCUT2D eigenvalue weighted by Crippen LogP contribution is 2.49. The first-order chi connectivity index (χ1) is 15.1. The lowest BCUT2D eigenvalue weighted by molar-refractivity contribution is -0.172. The molecule has 0 radical (unpaired) electrons. The highest BCUT2D eigenvalue weighted by molar-refractivity contribution is 6.52. The molecule has 1 aromatic rings. The van der Waals surface area contributed by atoms with Crippen LogP contribution in [0.4, 0.5) is 0 Å². The minimum absolute atomic E-state index is 0.0221. The van der Waals surface area contributed by atoms with E-state index < -0.39 is 83.3 Å². The summed E-state index contributed by atoms with van der Waals surface area (Å²) in [6.07, 6.45) is -6.69. The number of carbonyl (C=O) groups is 4. The van der Waals surface area contributed by atoms with Crippen molar-refractivity contribution in [3.8, 4) is 5.75 Å². The van der Waals surface area contributed by atoms with Crippen LogP contribution < -0.4 is 0 Å². The highest BCUT2D eigenvalue weighted by atomic mass is 16.6. The lowest BCUT2D eigenvalue weighted by Gasteiger charge is -2.39. The summed E-state index contributed by atoms with van der Waals surface area (Å²) in [7, 11) is 0. The number of phenolic OH excluding ortho intramolecular Hbond substituents is 1. The van der Waals surface area contributed by atoms with Crippen molar-refractivity contribution < 1.29 is 48.7 Å². The smallest absolute Gasteiger partial charge is 0.309 e. The second-order valence-electron chi connectivity index (χ2n) is 8.79. The Kier molecular flexibility index (Phi) is 4.75. The summed E-state index contributed by atoms with van der Waals surface area (Å²) in [5.74, 6) is -5.36. The van der Waals surface area contributed by atoms with E-state index in [1.165, 1.54) is 13.0 Å². The van der Waals surface area contributed by atoms with Crippen LogP contribution in [0.5, 0.6) is 5.75 Å². The van der Waals surface area contributed by atoms with E-state index in [9.17, 15) is 34.5 Å². The number of esters is 1. The molecule has 0 saturated carbocycles. The summed E-state index contributed by atoms with van der Waals surface area (Å²) in [6, 6.07) is 1.39. The quantitative estimate of drug-likeness (QED) is 0.311. The van der Waals surface area contributed by atoms with Crippen LogP contribution in [0.2, 0.25) is 0 Å². The molecule has 5 rings (SSSR count). The Morgan fingerprint density at radius 1 is 1.00 bits per heavy atom. The number of fused-ring (bicyclic) bond motifs is 4. The van der Waals surface area contributed by atoms with Crippen molar-refractivity contribution in [2.24, 2.45) is 5.92 Å². The van der Waals surface area contributed by atoms with Gasteiger partial charge in [0.15, 0.2) is 11.9 Å². The number of Topliss-reactive ketones (excluding diaryl/α,β-unsaturated/α-hetero) is 3. The van der Waals surface area contributed by atoms with E-state index in [4.69, 9.17) is 14.2 Å². The van der Waals surface area contributed by atoms with Gasteiger partial charge in [-0.1, -0.05) is 0 Å². The Morgan fingerprint density at radius 2 is 1.72 bits per heavy atom. The second kappa shape index (κ2) is 7.17. The van der Waals surface area contributed by atoms with Gasteiger partial charge in [0.2, 0.25) is 11.6 Å². The van der Waals surface area contributed by atoms with Gasteiger partial charge in [0.1, 0.15) is 23.9 Å². The van der Waals surface area contributed by atoms with Crippen LogP contribution >= 0.6 is 0 Å². The summed E-state index contributed by atoms with van der Waals surface area (Å²) < 4.78 is 16.7. The van der Waals surface area contributed by atoms with Gasteiger partial charge in [-0.3, -0.25) is 19.2 Å². The number of aliphatic hydroxyl groups excluding tert-OH is 2. The van der Waals surface area contributed by atoms with Gasteiger partial charge in [0.05, 0.1) is 36.4 Å². The summed E-state index contributed by atoms with van der Waals surface area (Å²) in [5.41, 5.74) is -0.00662. The first-order valence-corrected chi connectivity index (χ1v) is 10.5. The maximum absolute atomic E-state index is 13.4. The summed E-state index contributed by atoms with van der Waals surface area (Å²) in [5, 5.41) is 30.9. The van der Waals surface area contributed by atoms with Crippen LogP contribution in [0, 0.1) is 5.92 Å². The topological polar surface area (TPSA) is 157 Å². The molecule has 8 unspecified atom stereocenters. The number of benzene rings is 1. The average Bonchev–Trinajstić information content (AvgIpc) is 3.10. The minimum atomic E-state index is -1.52. The lowest BCUT2D eigenvalue weighted by Crippen LogP contribution is -2.54. The molecular formula is C22H22O10. The molecule has 3 aliphatic heterocycles. The number of hydrogen-bond acceptors (Lipinski definition) is 10.